The average Bonchev–Trinajstić information content (AvgIpc) is 2.70. The Hall–Kier alpha value is -0.320. The molecule has 1 saturated heterocycles. The lowest BCUT2D eigenvalue weighted by Gasteiger charge is -2.38. The summed E-state index contributed by atoms with van der Waals surface area (Å²) in [6.45, 7) is 3.38. The minimum absolute atomic E-state index is 0. The zero-order valence-electron chi connectivity index (χ0n) is 10.4. The summed E-state index contributed by atoms with van der Waals surface area (Å²) in [4.78, 5) is 14.2. The highest BCUT2D eigenvalue weighted by atomic mass is 35.5. The van der Waals surface area contributed by atoms with Crippen LogP contribution in [0.2, 0.25) is 0 Å². The van der Waals surface area contributed by atoms with Crippen molar-refractivity contribution < 1.29 is 9.53 Å². The van der Waals surface area contributed by atoms with Crippen molar-refractivity contribution in [2.75, 3.05) is 13.1 Å². The topological polar surface area (TPSA) is 55.6 Å². The van der Waals surface area contributed by atoms with Gasteiger partial charge in [0.1, 0.15) is 6.10 Å². The first-order valence-electron chi connectivity index (χ1n) is 6.42. The summed E-state index contributed by atoms with van der Waals surface area (Å²) in [6.07, 6.45) is 5.20. The van der Waals surface area contributed by atoms with Gasteiger partial charge in [0.05, 0.1) is 6.10 Å². The molecule has 17 heavy (non-hydrogen) atoms. The molecule has 0 unspecified atom stereocenters. The minimum Gasteiger partial charge on any atom is -0.364 e. The van der Waals surface area contributed by atoms with Crippen LogP contribution < -0.4 is 5.73 Å². The van der Waals surface area contributed by atoms with E-state index in [1.54, 1.807) is 0 Å². The summed E-state index contributed by atoms with van der Waals surface area (Å²) in [6, 6.07) is 0.470. The van der Waals surface area contributed by atoms with Crippen LogP contribution in [-0.2, 0) is 9.53 Å². The molecule has 2 fully saturated rings. The summed E-state index contributed by atoms with van der Waals surface area (Å²) in [5.74, 6) is 0.183. The second-order valence-electron chi connectivity index (χ2n) is 4.77. The summed E-state index contributed by atoms with van der Waals surface area (Å²) in [5.41, 5.74) is 5.55. The number of halogens is 1. The molecule has 0 radical (unpaired) electrons. The van der Waals surface area contributed by atoms with Gasteiger partial charge in [-0.1, -0.05) is 0 Å². The lowest BCUT2D eigenvalue weighted by atomic mass is 9.91. The van der Waals surface area contributed by atoms with E-state index in [4.69, 9.17) is 10.5 Å². The van der Waals surface area contributed by atoms with E-state index in [-0.39, 0.29) is 30.5 Å². The quantitative estimate of drug-likeness (QED) is 0.831. The highest BCUT2D eigenvalue weighted by Gasteiger charge is 2.36. The predicted molar refractivity (Wildman–Crippen MR) is 69.2 cm³/mol. The molecule has 2 aliphatic rings. The molecule has 2 rings (SSSR count). The Morgan fingerprint density at radius 3 is 2.47 bits per heavy atom. The van der Waals surface area contributed by atoms with Crippen molar-refractivity contribution in [1.29, 1.82) is 0 Å². The molecule has 2 atom stereocenters. The van der Waals surface area contributed by atoms with E-state index in [1.165, 1.54) is 6.42 Å². The van der Waals surface area contributed by atoms with E-state index in [0.717, 1.165) is 32.2 Å². The van der Waals surface area contributed by atoms with Crippen molar-refractivity contribution in [2.24, 2.45) is 5.73 Å². The maximum Gasteiger partial charge on any atom is 0.251 e. The third-order valence-electron chi connectivity index (χ3n) is 3.79. The van der Waals surface area contributed by atoms with Crippen LogP contribution in [0.4, 0.5) is 0 Å². The molecule has 0 aromatic carbocycles. The number of ether oxygens (including phenoxy) is 1. The number of carbonyl (C=O) groups is 1. The molecule has 2 N–H and O–H groups in total. The first-order chi connectivity index (χ1) is 7.76. The average molecular weight is 263 g/mol. The van der Waals surface area contributed by atoms with Crippen LogP contribution in [-0.4, -0.2) is 42.1 Å². The van der Waals surface area contributed by atoms with Gasteiger partial charge in [0.2, 0.25) is 0 Å². The van der Waals surface area contributed by atoms with Crippen LogP contribution in [0.5, 0.6) is 0 Å². The van der Waals surface area contributed by atoms with Gasteiger partial charge in [-0.05, 0) is 39.0 Å². The van der Waals surface area contributed by atoms with Crippen molar-refractivity contribution in [2.45, 2.75) is 57.3 Å². The van der Waals surface area contributed by atoms with Crippen LogP contribution in [0.15, 0.2) is 0 Å². The number of hydrogen-bond donors (Lipinski definition) is 1. The van der Waals surface area contributed by atoms with E-state index >= 15 is 0 Å². The van der Waals surface area contributed by atoms with Gasteiger partial charge in [-0.3, -0.25) is 4.79 Å². The zero-order chi connectivity index (χ0) is 11.5. The Kier molecular flexibility index (Phi) is 5.70. The number of amides is 1. The number of nitrogens with two attached hydrogens (primary N) is 1. The van der Waals surface area contributed by atoms with Gasteiger partial charge in [0, 0.05) is 19.1 Å². The lowest BCUT2D eigenvalue weighted by molar-refractivity contribution is -0.146. The van der Waals surface area contributed by atoms with Crippen molar-refractivity contribution in [3.63, 3.8) is 0 Å². The molecule has 0 bridgehead atoms. The Morgan fingerprint density at radius 1 is 1.35 bits per heavy atom. The maximum atomic E-state index is 12.2. The van der Waals surface area contributed by atoms with Crippen molar-refractivity contribution in [1.82, 2.24) is 4.90 Å². The van der Waals surface area contributed by atoms with Crippen molar-refractivity contribution in [3.8, 4) is 0 Å². The van der Waals surface area contributed by atoms with Gasteiger partial charge in [-0.25, -0.2) is 0 Å². The largest absolute Gasteiger partial charge is 0.364 e. The molecule has 1 aliphatic heterocycles. The monoisotopic (exact) mass is 262 g/mol. The second-order valence-corrected chi connectivity index (χ2v) is 4.77. The number of nitrogens with zero attached hydrogens (tertiary/aromatic N) is 1. The minimum atomic E-state index is -0.228. The third-order valence-corrected chi connectivity index (χ3v) is 3.79. The summed E-state index contributed by atoms with van der Waals surface area (Å²) in [5, 5.41) is 0. The van der Waals surface area contributed by atoms with Gasteiger partial charge < -0.3 is 15.4 Å². The lowest BCUT2D eigenvalue weighted by Crippen LogP contribution is -2.48. The first-order valence-corrected chi connectivity index (χ1v) is 6.42. The Morgan fingerprint density at radius 2 is 2.06 bits per heavy atom. The first kappa shape index (κ1) is 14.7. The zero-order valence-corrected chi connectivity index (χ0v) is 11.2. The molecule has 4 nitrogen and oxygen atoms in total. The molecule has 1 aliphatic carbocycles. The maximum absolute atomic E-state index is 12.2. The standard InChI is InChI=1S/C12H22N2O2.ClH/c1-2-14(9-4-3-5-9)12(15)11-7-6-10(8-13)16-11;/h9-11H,2-8,13H2,1H3;1H/t10-,11+;/m1./s1. The van der Waals surface area contributed by atoms with Gasteiger partial charge in [-0.15, -0.1) is 12.4 Å². The fraction of sp³-hybridized carbons (Fsp3) is 0.917. The van der Waals surface area contributed by atoms with E-state index in [0.29, 0.717) is 12.6 Å². The van der Waals surface area contributed by atoms with Gasteiger partial charge in [0.25, 0.3) is 5.91 Å². The van der Waals surface area contributed by atoms with Gasteiger partial charge >= 0.3 is 0 Å². The number of likely N-dealkylation sites (N-methyl/N-ethyl adjacent to an activating group) is 1. The van der Waals surface area contributed by atoms with Crippen molar-refractivity contribution >= 4 is 18.3 Å². The number of hydrogen-bond acceptors (Lipinski definition) is 3. The Labute approximate surface area is 109 Å². The third kappa shape index (κ3) is 3.12. The van der Waals surface area contributed by atoms with Crippen molar-refractivity contribution in [3.05, 3.63) is 0 Å². The second kappa shape index (κ2) is 6.57. The molecule has 1 heterocycles. The van der Waals surface area contributed by atoms with E-state index < -0.39 is 0 Å². The van der Waals surface area contributed by atoms with E-state index in [2.05, 4.69) is 0 Å². The highest BCUT2D eigenvalue weighted by Crippen LogP contribution is 2.28. The van der Waals surface area contributed by atoms with Crippen LogP contribution in [0.1, 0.15) is 39.0 Å². The van der Waals surface area contributed by atoms with E-state index in [1.807, 2.05) is 11.8 Å². The smallest absolute Gasteiger partial charge is 0.251 e. The van der Waals surface area contributed by atoms with Gasteiger partial charge in [0.15, 0.2) is 0 Å². The molecule has 1 amide bonds. The highest BCUT2D eigenvalue weighted by molar-refractivity contribution is 5.85. The van der Waals surface area contributed by atoms with Crippen LogP contribution >= 0.6 is 12.4 Å². The normalized spacial score (nSPS) is 28.4. The number of carbonyl (C=O) groups excluding carboxylic acids is 1. The fourth-order valence-corrected chi connectivity index (χ4v) is 2.54. The van der Waals surface area contributed by atoms with Crippen LogP contribution in [0.25, 0.3) is 0 Å². The Balaban J connectivity index is 0.00000144. The molecule has 5 heteroatoms. The molecule has 1 saturated carbocycles. The molecule has 0 spiro atoms. The molecule has 0 aromatic heterocycles. The Bertz CT molecular complexity index is 259. The summed E-state index contributed by atoms with van der Waals surface area (Å²) < 4.78 is 5.66. The SMILES string of the molecule is CCN(C(=O)[C@@H]1CC[C@H](CN)O1)C1CCC1.Cl. The molecule has 100 valence electrons. The van der Waals surface area contributed by atoms with Crippen LogP contribution in [0, 0.1) is 0 Å². The number of rotatable bonds is 4. The summed E-state index contributed by atoms with van der Waals surface area (Å²) >= 11 is 0. The predicted octanol–water partition coefficient (Wildman–Crippen LogP) is 1.32. The molecular weight excluding hydrogens is 240 g/mol. The fourth-order valence-electron chi connectivity index (χ4n) is 2.54. The van der Waals surface area contributed by atoms with E-state index in [9.17, 15) is 4.79 Å². The molecular formula is C12H23ClN2O2. The summed E-state index contributed by atoms with van der Waals surface area (Å²) in [7, 11) is 0. The molecule has 0 aromatic rings. The van der Waals surface area contributed by atoms with Gasteiger partial charge in [-0.2, -0.15) is 0 Å². The van der Waals surface area contributed by atoms with Crippen LogP contribution in [0.3, 0.4) is 0 Å².